The van der Waals surface area contributed by atoms with Crippen molar-refractivity contribution in [1.82, 2.24) is 0 Å². The van der Waals surface area contributed by atoms with Gasteiger partial charge in [0, 0.05) is 0 Å². The minimum absolute atomic E-state index is 0.994. The van der Waals surface area contributed by atoms with Crippen LogP contribution >= 0.6 is 22.2 Å². The van der Waals surface area contributed by atoms with Crippen molar-refractivity contribution in [3.05, 3.63) is 0 Å². The molecule has 0 saturated heterocycles. The fourth-order valence-corrected chi connectivity index (χ4v) is 2.89. The van der Waals surface area contributed by atoms with Crippen molar-refractivity contribution in [3.8, 4) is 0 Å². The van der Waals surface area contributed by atoms with Gasteiger partial charge in [-0.25, -0.2) is 0 Å². The average molecular weight is 254 g/mol. The van der Waals surface area contributed by atoms with Crippen LogP contribution in [-0.4, -0.2) is 7.42 Å². The van der Waals surface area contributed by atoms with Crippen molar-refractivity contribution in [2.45, 2.75) is 70.8 Å². The van der Waals surface area contributed by atoms with Crippen molar-refractivity contribution < 1.29 is 0 Å². The lowest BCUT2D eigenvalue weighted by Crippen LogP contribution is -1.91. The predicted octanol–water partition coefficient (Wildman–Crippen LogP) is 5.48. The average Bonchev–Trinajstić information content (AvgIpc) is 2.15. The summed E-state index contributed by atoms with van der Waals surface area (Å²) in [6.07, 6.45) is 12.3. The Kier molecular flexibility index (Phi) is 12.5. The topological polar surface area (TPSA) is 0 Å². The first-order valence-electron chi connectivity index (χ1n) is 5.94. The minimum Gasteiger partial charge on any atom is -0.147 e. The van der Waals surface area contributed by atoms with Gasteiger partial charge in [0.15, 0.2) is 0 Å². The van der Waals surface area contributed by atoms with E-state index in [1.165, 1.54) is 57.8 Å². The molecule has 0 spiro atoms. The maximum atomic E-state index is 5.74. The number of hydrogen-bond acceptors (Lipinski definition) is 0. The molecule has 0 aromatic rings. The zero-order chi connectivity index (χ0) is 10.6. The van der Waals surface area contributed by atoms with Gasteiger partial charge in [0.1, 0.15) is 0 Å². The van der Waals surface area contributed by atoms with Crippen molar-refractivity contribution >= 4 is 29.6 Å². The lowest BCUT2D eigenvalue weighted by Gasteiger charge is -2.01. The molecule has 0 N–H and O–H groups in total. The van der Waals surface area contributed by atoms with E-state index in [-0.39, 0.29) is 0 Å². The molecule has 0 unspecified atom stereocenters. The van der Waals surface area contributed by atoms with Gasteiger partial charge in [-0.15, -0.1) is 22.2 Å². The highest BCUT2D eigenvalue weighted by Crippen LogP contribution is 2.13. The van der Waals surface area contributed by atoms with E-state index in [9.17, 15) is 0 Å². The standard InChI is InChI=1S/C11H23Cl2Si/c1-2-3-4-5-6-7-8-9-10-11-14(12)13/h2-11H2,1H3. The maximum Gasteiger partial charge on any atom is 0.273 e. The summed E-state index contributed by atoms with van der Waals surface area (Å²) in [6, 6.07) is 1.06. The van der Waals surface area contributed by atoms with Crippen LogP contribution in [0.1, 0.15) is 64.7 Å². The smallest absolute Gasteiger partial charge is 0.147 e. The van der Waals surface area contributed by atoms with Crippen molar-refractivity contribution in [2.24, 2.45) is 0 Å². The lowest BCUT2D eigenvalue weighted by molar-refractivity contribution is 0.572. The largest absolute Gasteiger partial charge is 0.273 e. The highest BCUT2D eigenvalue weighted by atomic mass is 35.7. The molecule has 85 valence electrons. The minimum atomic E-state index is -0.994. The molecular weight excluding hydrogens is 231 g/mol. The number of unbranched alkanes of at least 4 members (excludes halogenated alkanes) is 8. The van der Waals surface area contributed by atoms with E-state index in [1.807, 2.05) is 0 Å². The third-order valence-electron chi connectivity index (χ3n) is 2.47. The number of hydrogen-bond donors (Lipinski definition) is 0. The lowest BCUT2D eigenvalue weighted by atomic mass is 10.1. The zero-order valence-corrected chi connectivity index (χ0v) is 11.8. The van der Waals surface area contributed by atoms with Crippen LogP contribution < -0.4 is 0 Å². The molecule has 0 rings (SSSR count). The molecule has 0 saturated carbocycles. The van der Waals surface area contributed by atoms with Gasteiger partial charge in [0.2, 0.25) is 0 Å². The van der Waals surface area contributed by atoms with Gasteiger partial charge in [-0.1, -0.05) is 64.7 Å². The summed E-state index contributed by atoms with van der Waals surface area (Å²) in [5, 5.41) is 0. The van der Waals surface area contributed by atoms with Crippen LogP contribution in [0.3, 0.4) is 0 Å². The summed E-state index contributed by atoms with van der Waals surface area (Å²) in [5.41, 5.74) is 0. The molecule has 0 atom stereocenters. The van der Waals surface area contributed by atoms with Gasteiger partial charge < -0.3 is 0 Å². The highest BCUT2D eigenvalue weighted by Gasteiger charge is 2.01. The maximum absolute atomic E-state index is 5.74. The van der Waals surface area contributed by atoms with Gasteiger partial charge in [0.25, 0.3) is 7.42 Å². The third-order valence-corrected chi connectivity index (χ3v) is 4.33. The Morgan fingerprint density at radius 1 is 0.714 bits per heavy atom. The Morgan fingerprint density at radius 2 is 1.14 bits per heavy atom. The molecule has 0 heterocycles. The van der Waals surface area contributed by atoms with Crippen LogP contribution in [0, 0.1) is 0 Å². The first kappa shape index (κ1) is 14.8. The van der Waals surface area contributed by atoms with Crippen LogP contribution in [0.5, 0.6) is 0 Å². The highest BCUT2D eigenvalue weighted by molar-refractivity contribution is 7.33. The van der Waals surface area contributed by atoms with Crippen LogP contribution in [-0.2, 0) is 0 Å². The predicted molar refractivity (Wildman–Crippen MR) is 69.5 cm³/mol. The van der Waals surface area contributed by atoms with E-state index >= 15 is 0 Å². The van der Waals surface area contributed by atoms with Crippen molar-refractivity contribution in [2.75, 3.05) is 0 Å². The molecule has 0 aromatic carbocycles. The molecule has 0 amide bonds. The summed E-state index contributed by atoms with van der Waals surface area (Å²) in [5.74, 6) is 0. The SMILES string of the molecule is CCCCCCCCCCC[Si](Cl)Cl. The molecule has 0 bridgehead atoms. The molecule has 0 aliphatic rings. The van der Waals surface area contributed by atoms with Crippen LogP contribution in [0.15, 0.2) is 0 Å². The van der Waals surface area contributed by atoms with Crippen LogP contribution in [0.2, 0.25) is 6.04 Å². The first-order chi connectivity index (χ1) is 6.77. The fourth-order valence-electron chi connectivity index (χ4n) is 1.57. The van der Waals surface area contributed by atoms with Gasteiger partial charge in [-0.05, 0) is 6.04 Å². The summed E-state index contributed by atoms with van der Waals surface area (Å²) in [6.45, 7) is 2.26. The van der Waals surface area contributed by atoms with E-state index < -0.39 is 7.42 Å². The first-order valence-corrected chi connectivity index (χ1v) is 9.67. The molecule has 0 fully saturated rings. The molecule has 14 heavy (non-hydrogen) atoms. The van der Waals surface area contributed by atoms with E-state index in [0.29, 0.717) is 0 Å². The second kappa shape index (κ2) is 11.9. The van der Waals surface area contributed by atoms with Gasteiger partial charge in [-0.2, -0.15) is 0 Å². The van der Waals surface area contributed by atoms with Gasteiger partial charge in [0.05, 0.1) is 0 Å². The summed E-state index contributed by atoms with van der Waals surface area (Å²) < 4.78 is 0. The van der Waals surface area contributed by atoms with E-state index in [1.54, 1.807) is 0 Å². The molecule has 3 heteroatoms. The molecular formula is C11H23Cl2Si. The van der Waals surface area contributed by atoms with E-state index in [0.717, 1.165) is 6.04 Å². The molecule has 0 nitrogen and oxygen atoms in total. The van der Waals surface area contributed by atoms with Crippen molar-refractivity contribution in [1.29, 1.82) is 0 Å². The Balaban J connectivity index is 2.85. The van der Waals surface area contributed by atoms with Gasteiger partial charge >= 0.3 is 0 Å². The summed E-state index contributed by atoms with van der Waals surface area (Å²) in [7, 11) is -0.994. The van der Waals surface area contributed by atoms with Gasteiger partial charge in [-0.3, -0.25) is 0 Å². The molecule has 0 aliphatic heterocycles. The second-order valence-corrected chi connectivity index (χ2v) is 8.41. The Morgan fingerprint density at radius 3 is 1.57 bits per heavy atom. The van der Waals surface area contributed by atoms with Crippen LogP contribution in [0.25, 0.3) is 0 Å². The zero-order valence-electron chi connectivity index (χ0n) is 9.33. The Bertz CT molecular complexity index is 107. The molecule has 0 aromatic heterocycles. The van der Waals surface area contributed by atoms with Crippen molar-refractivity contribution in [3.63, 3.8) is 0 Å². The van der Waals surface area contributed by atoms with Crippen LogP contribution in [0.4, 0.5) is 0 Å². The fraction of sp³-hybridized carbons (Fsp3) is 1.00. The van der Waals surface area contributed by atoms with E-state index in [2.05, 4.69) is 6.92 Å². The number of halogens is 2. The summed E-state index contributed by atoms with van der Waals surface area (Å²) in [4.78, 5) is 0. The monoisotopic (exact) mass is 253 g/mol. The second-order valence-electron chi connectivity index (χ2n) is 3.92. The Hall–Kier alpha value is 0.797. The van der Waals surface area contributed by atoms with E-state index in [4.69, 9.17) is 22.2 Å². The third kappa shape index (κ3) is 12.8. The molecule has 1 radical (unpaired) electrons. The normalized spacial score (nSPS) is 11.1. The summed E-state index contributed by atoms with van der Waals surface area (Å²) >= 11 is 11.5. The quantitative estimate of drug-likeness (QED) is 0.275. The molecule has 0 aliphatic carbocycles. The Labute approximate surface area is 100 Å². The number of rotatable bonds is 10.